The van der Waals surface area contributed by atoms with E-state index in [-0.39, 0.29) is 0 Å². The van der Waals surface area contributed by atoms with Gasteiger partial charge in [0.25, 0.3) is 0 Å². The first kappa shape index (κ1) is 13.4. The number of benzene rings is 1. The predicted octanol–water partition coefficient (Wildman–Crippen LogP) is 2.73. The molecule has 2 saturated heterocycles. The normalized spacial score (nSPS) is 26.2. The third-order valence-electron chi connectivity index (χ3n) is 4.74. The van der Waals surface area contributed by atoms with Crippen molar-refractivity contribution in [2.75, 3.05) is 18.4 Å². The van der Waals surface area contributed by atoms with Gasteiger partial charge in [-0.15, -0.1) is 0 Å². The number of rotatable bonds is 3. The molecule has 2 heterocycles. The van der Waals surface area contributed by atoms with E-state index in [9.17, 15) is 9.90 Å². The van der Waals surface area contributed by atoms with Gasteiger partial charge in [0.15, 0.2) is 0 Å². The fraction of sp³-hybridized carbons (Fsp3) is 0.562. The van der Waals surface area contributed by atoms with Gasteiger partial charge in [0.05, 0.1) is 5.56 Å². The number of hydrogen-bond donors (Lipinski definition) is 2. The standard InChI is InChI=1S/C16H22N2O2/c1-11-14(16(19)20)5-2-6-15(11)17-12-7-9-18-8-3-4-13(18)10-12/h2,5-6,12-13,17H,3-4,7-10H2,1H3,(H,19,20). The van der Waals surface area contributed by atoms with E-state index < -0.39 is 5.97 Å². The highest BCUT2D eigenvalue weighted by Gasteiger charge is 2.31. The largest absolute Gasteiger partial charge is 0.478 e. The lowest BCUT2D eigenvalue weighted by Crippen LogP contribution is -2.42. The zero-order valence-corrected chi connectivity index (χ0v) is 11.9. The van der Waals surface area contributed by atoms with Crippen LogP contribution in [0.15, 0.2) is 18.2 Å². The van der Waals surface area contributed by atoms with Crippen molar-refractivity contribution in [1.82, 2.24) is 4.90 Å². The number of aromatic carboxylic acids is 1. The van der Waals surface area contributed by atoms with Crippen molar-refractivity contribution in [2.45, 2.75) is 44.7 Å². The maximum absolute atomic E-state index is 11.2. The van der Waals surface area contributed by atoms with Crippen LogP contribution in [0.25, 0.3) is 0 Å². The van der Waals surface area contributed by atoms with E-state index in [1.807, 2.05) is 19.1 Å². The Kier molecular flexibility index (Phi) is 3.66. The van der Waals surface area contributed by atoms with Gasteiger partial charge in [0.2, 0.25) is 0 Å². The summed E-state index contributed by atoms with van der Waals surface area (Å²) in [5.41, 5.74) is 2.21. The molecule has 1 aromatic carbocycles. The van der Waals surface area contributed by atoms with Gasteiger partial charge in [-0.2, -0.15) is 0 Å². The van der Waals surface area contributed by atoms with Crippen molar-refractivity contribution in [3.8, 4) is 0 Å². The van der Waals surface area contributed by atoms with Crippen LogP contribution in [0.4, 0.5) is 5.69 Å². The highest BCUT2D eigenvalue weighted by atomic mass is 16.4. The number of nitrogens with one attached hydrogen (secondary N) is 1. The molecule has 2 aliphatic heterocycles. The monoisotopic (exact) mass is 274 g/mol. The van der Waals surface area contributed by atoms with Gasteiger partial charge in [-0.3, -0.25) is 0 Å². The minimum atomic E-state index is -0.850. The van der Waals surface area contributed by atoms with Gasteiger partial charge in [-0.05, 0) is 56.8 Å². The lowest BCUT2D eigenvalue weighted by Gasteiger charge is -2.35. The lowest BCUT2D eigenvalue weighted by molar-refractivity contribution is 0.0696. The van der Waals surface area contributed by atoms with E-state index in [0.29, 0.717) is 11.6 Å². The van der Waals surface area contributed by atoms with Crippen LogP contribution in [0.1, 0.15) is 41.6 Å². The molecule has 3 rings (SSSR count). The van der Waals surface area contributed by atoms with Crippen LogP contribution in [-0.4, -0.2) is 41.1 Å². The molecule has 0 bridgehead atoms. The van der Waals surface area contributed by atoms with Crippen LogP contribution >= 0.6 is 0 Å². The summed E-state index contributed by atoms with van der Waals surface area (Å²) in [5, 5.41) is 12.8. The quantitative estimate of drug-likeness (QED) is 0.890. The van der Waals surface area contributed by atoms with Crippen molar-refractivity contribution in [3.05, 3.63) is 29.3 Å². The van der Waals surface area contributed by atoms with E-state index in [2.05, 4.69) is 10.2 Å². The molecular weight excluding hydrogens is 252 g/mol. The van der Waals surface area contributed by atoms with Gasteiger partial charge < -0.3 is 15.3 Å². The summed E-state index contributed by atoms with van der Waals surface area (Å²) in [6, 6.07) is 6.68. The fourth-order valence-electron chi connectivity index (χ4n) is 3.60. The first-order valence-corrected chi connectivity index (χ1v) is 7.48. The van der Waals surface area contributed by atoms with Crippen LogP contribution < -0.4 is 5.32 Å². The van der Waals surface area contributed by atoms with Crippen molar-refractivity contribution in [3.63, 3.8) is 0 Å². The molecule has 2 N–H and O–H groups in total. The van der Waals surface area contributed by atoms with Crippen LogP contribution in [0, 0.1) is 6.92 Å². The summed E-state index contributed by atoms with van der Waals surface area (Å²) in [6.07, 6.45) is 4.96. The van der Waals surface area contributed by atoms with Crippen LogP contribution in [-0.2, 0) is 0 Å². The summed E-state index contributed by atoms with van der Waals surface area (Å²) < 4.78 is 0. The van der Waals surface area contributed by atoms with Crippen molar-refractivity contribution in [2.24, 2.45) is 0 Å². The third-order valence-corrected chi connectivity index (χ3v) is 4.74. The summed E-state index contributed by atoms with van der Waals surface area (Å²) in [7, 11) is 0. The van der Waals surface area contributed by atoms with Gasteiger partial charge >= 0.3 is 5.97 Å². The first-order chi connectivity index (χ1) is 9.65. The second-order valence-electron chi connectivity index (χ2n) is 5.98. The minimum absolute atomic E-state index is 0.397. The molecule has 0 aliphatic carbocycles. The molecule has 0 saturated carbocycles. The zero-order chi connectivity index (χ0) is 14.1. The van der Waals surface area contributed by atoms with E-state index in [1.165, 1.54) is 32.4 Å². The number of carbonyl (C=O) groups is 1. The maximum atomic E-state index is 11.2. The average molecular weight is 274 g/mol. The molecule has 2 atom stereocenters. The number of fused-ring (bicyclic) bond motifs is 1. The first-order valence-electron chi connectivity index (χ1n) is 7.48. The molecule has 1 aromatic rings. The molecule has 0 amide bonds. The molecule has 2 aliphatic rings. The number of piperidine rings is 1. The topological polar surface area (TPSA) is 52.6 Å². The van der Waals surface area contributed by atoms with Crippen LogP contribution in [0.5, 0.6) is 0 Å². The van der Waals surface area contributed by atoms with Gasteiger partial charge in [0, 0.05) is 24.3 Å². The average Bonchev–Trinajstić information content (AvgIpc) is 2.88. The number of hydrogen-bond acceptors (Lipinski definition) is 3. The van der Waals surface area contributed by atoms with Gasteiger partial charge in [-0.25, -0.2) is 4.79 Å². The SMILES string of the molecule is Cc1c(NC2CCN3CCCC3C2)cccc1C(=O)O. The number of anilines is 1. The molecule has 0 spiro atoms. The van der Waals surface area contributed by atoms with Gasteiger partial charge in [0.1, 0.15) is 0 Å². The maximum Gasteiger partial charge on any atom is 0.336 e. The van der Waals surface area contributed by atoms with E-state index in [0.717, 1.165) is 23.7 Å². The highest BCUT2D eigenvalue weighted by Crippen LogP contribution is 2.29. The Hall–Kier alpha value is -1.55. The van der Waals surface area contributed by atoms with Gasteiger partial charge in [-0.1, -0.05) is 6.07 Å². The molecule has 0 aromatic heterocycles. The Bertz CT molecular complexity index is 515. The van der Waals surface area contributed by atoms with E-state index in [1.54, 1.807) is 6.07 Å². The molecule has 2 fully saturated rings. The number of nitrogens with zero attached hydrogens (tertiary/aromatic N) is 1. The predicted molar refractivity (Wildman–Crippen MR) is 79.4 cm³/mol. The second-order valence-corrected chi connectivity index (χ2v) is 5.98. The Morgan fingerprint density at radius 1 is 1.35 bits per heavy atom. The Balaban J connectivity index is 1.72. The summed E-state index contributed by atoms with van der Waals surface area (Å²) in [5.74, 6) is -0.850. The fourth-order valence-corrected chi connectivity index (χ4v) is 3.60. The van der Waals surface area contributed by atoms with Crippen molar-refractivity contribution < 1.29 is 9.90 Å². The van der Waals surface area contributed by atoms with Crippen molar-refractivity contribution in [1.29, 1.82) is 0 Å². The Morgan fingerprint density at radius 2 is 2.20 bits per heavy atom. The molecule has 2 unspecified atom stereocenters. The number of carboxylic acids is 1. The third kappa shape index (κ3) is 2.52. The molecule has 4 nitrogen and oxygen atoms in total. The summed E-state index contributed by atoms with van der Waals surface area (Å²) in [6.45, 7) is 4.31. The Labute approximate surface area is 119 Å². The molecule has 108 valence electrons. The van der Waals surface area contributed by atoms with E-state index >= 15 is 0 Å². The minimum Gasteiger partial charge on any atom is -0.478 e. The Morgan fingerprint density at radius 3 is 3.00 bits per heavy atom. The van der Waals surface area contributed by atoms with Crippen LogP contribution in [0.2, 0.25) is 0 Å². The van der Waals surface area contributed by atoms with Crippen LogP contribution in [0.3, 0.4) is 0 Å². The molecule has 0 radical (unpaired) electrons. The molecular formula is C16H22N2O2. The second kappa shape index (κ2) is 5.44. The zero-order valence-electron chi connectivity index (χ0n) is 11.9. The summed E-state index contributed by atoms with van der Waals surface area (Å²) >= 11 is 0. The molecule has 4 heteroatoms. The number of carboxylic acid groups (broad SMARTS) is 1. The highest BCUT2D eigenvalue weighted by molar-refractivity contribution is 5.91. The summed E-state index contributed by atoms with van der Waals surface area (Å²) in [4.78, 5) is 13.8. The lowest BCUT2D eigenvalue weighted by atomic mass is 9.96. The smallest absolute Gasteiger partial charge is 0.336 e. The van der Waals surface area contributed by atoms with E-state index in [4.69, 9.17) is 0 Å². The molecule has 20 heavy (non-hydrogen) atoms. The van der Waals surface area contributed by atoms with Crippen molar-refractivity contribution >= 4 is 11.7 Å².